The van der Waals surface area contributed by atoms with Gasteiger partial charge in [-0.3, -0.25) is 4.79 Å². The normalized spacial score (nSPS) is 10.1. The van der Waals surface area contributed by atoms with Gasteiger partial charge in [-0.05, 0) is 6.07 Å². The number of hydrazine groups is 1. The molecule has 0 unspecified atom stereocenters. The van der Waals surface area contributed by atoms with Gasteiger partial charge >= 0.3 is 0 Å². The smallest absolute Gasteiger partial charge is 0.254 e. The first-order valence-corrected chi connectivity index (χ1v) is 4.87. The van der Waals surface area contributed by atoms with Gasteiger partial charge in [-0.15, -0.1) is 0 Å². The number of nitrogen functional groups attached to an aromatic ring is 1. The lowest BCUT2D eigenvalue weighted by Gasteiger charge is -2.06. The van der Waals surface area contributed by atoms with Crippen LogP contribution in [0, 0.1) is 5.82 Å². The number of anilines is 1. The highest BCUT2D eigenvalue weighted by molar-refractivity contribution is 5.95. The first kappa shape index (κ1) is 11.9. The maximum Gasteiger partial charge on any atom is 0.254 e. The number of rotatable bonds is 4. The van der Waals surface area contributed by atoms with Crippen molar-refractivity contribution in [1.82, 2.24) is 20.4 Å². The minimum absolute atomic E-state index is 0.0302. The van der Waals surface area contributed by atoms with Gasteiger partial charge in [0.25, 0.3) is 5.91 Å². The van der Waals surface area contributed by atoms with Gasteiger partial charge in [0.2, 0.25) is 6.39 Å². The van der Waals surface area contributed by atoms with E-state index in [2.05, 4.69) is 30.4 Å². The Hall–Kier alpha value is -2.55. The number of hydrogen-bond acceptors (Lipinski definition) is 7. The van der Waals surface area contributed by atoms with Crippen LogP contribution < -0.4 is 16.6 Å². The summed E-state index contributed by atoms with van der Waals surface area (Å²) in [6, 6.07) is 1.24. The average molecular weight is 252 g/mol. The molecule has 0 fully saturated rings. The second-order valence-electron chi connectivity index (χ2n) is 3.20. The maximum atomic E-state index is 13.7. The summed E-state index contributed by atoms with van der Waals surface area (Å²) in [5, 5.41) is 5.93. The van der Waals surface area contributed by atoms with Crippen molar-refractivity contribution in [3.8, 4) is 0 Å². The highest BCUT2D eigenvalue weighted by atomic mass is 19.1. The highest BCUT2D eigenvalue weighted by Crippen LogP contribution is 2.13. The molecule has 18 heavy (non-hydrogen) atoms. The Morgan fingerprint density at radius 1 is 1.50 bits per heavy atom. The molecule has 0 aromatic carbocycles. The first-order valence-electron chi connectivity index (χ1n) is 4.87. The van der Waals surface area contributed by atoms with Crippen LogP contribution in [0.2, 0.25) is 0 Å². The van der Waals surface area contributed by atoms with Crippen molar-refractivity contribution in [1.29, 1.82) is 0 Å². The van der Waals surface area contributed by atoms with E-state index in [9.17, 15) is 9.18 Å². The van der Waals surface area contributed by atoms with Crippen LogP contribution in [-0.2, 0) is 6.54 Å². The molecule has 9 heteroatoms. The third-order valence-electron chi connectivity index (χ3n) is 2.08. The minimum atomic E-state index is -0.828. The van der Waals surface area contributed by atoms with Crippen molar-refractivity contribution in [2.45, 2.75) is 6.54 Å². The molecule has 0 saturated carbocycles. The van der Waals surface area contributed by atoms with Crippen molar-refractivity contribution in [2.24, 2.45) is 5.84 Å². The Balaban J connectivity index is 2.09. The van der Waals surface area contributed by atoms with Crippen LogP contribution in [-0.4, -0.2) is 21.0 Å². The number of amides is 1. The van der Waals surface area contributed by atoms with E-state index < -0.39 is 11.7 Å². The molecule has 0 aliphatic heterocycles. The molecule has 2 heterocycles. The SMILES string of the molecule is NNc1nccc(C(=O)NCc2ncon2)c1F. The molecule has 2 aromatic rings. The second-order valence-corrected chi connectivity index (χ2v) is 3.20. The molecule has 0 aliphatic rings. The molecule has 0 spiro atoms. The molecule has 0 saturated heterocycles. The molecule has 2 aromatic heterocycles. The fourth-order valence-corrected chi connectivity index (χ4v) is 1.24. The summed E-state index contributed by atoms with van der Waals surface area (Å²) in [7, 11) is 0. The number of aromatic nitrogens is 3. The van der Waals surface area contributed by atoms with Crippen LogP contribution in [0.1, 0.15) is 16.2 Å². The summed E-state index contributed by atoms with van der Waals surface area (Å²) >= 11 is 0. The average Bonchev–Trinajstić information content (AvgIpc) is 2.89. The number of carbonyl (C=O) groups is 1. The van der Waals surface area contributed by atoms with Crippen molar-refractivity contribution < 1.29 is 13.7 Å². The Kier molecular flexibility index (Phi) is 3.44. The van der Waals surface area contributed by atoms with Gasteiger partial charge in [-0.25, -0.2) is 15.2 Å². The van der Waals surface area contributed by atoms with Crippen LogP contribution in [0.5, 0.6) is 0 Å². The number of halogens is 1. The lowest BCUT2D eigenvalue weighted by molar-refractivity contribution is 0.0945. The summed E-state index contributed by atoms with van der Waals surface area (Å²) in [4.78, 5) is 19.0. The monoisotopic (exact) mass is 252 g/mol. The molecule has 94 valence electrons. The van der Waals surface area contributed by atoms with E-state index in [0.29, 0.717) is 0 Å². The number of nitrogens with one attached hydrogen (secondary N) is 2. The van der Waals surface area contributed by atoms with E-state index in [-0.39, 0.29) is 23.8 Å². The molecule has 0 atom stereocenters. The lowest BCUT2D eigenvalue weighted by atomic mass is 10.2. The third-order valence-corrected chi connectivity index (χ3v) is 2.08. The Bertz CT molecular complexity index is 544. The first-order chi connectivity index (χ1) is 8.72. The molecule has 4 N–H and O–H groups in total. The summed E-state index contributed by atoms with van der Waals surface area (Å²) in [6.07, 6.45) is 2.40. The summed E-state index contributed by atoms with van der Waals surface area (Å²) in [5.74, 6) is 3.68. The number of hydrogen-bond donors (Lipinski definition) is 3. The molecule has 0 bridgehead atoms. The standard InChI is InChI=1S/C9H9FN6O2/c10-7-5(1-2-12-8(7)15-11)9(17)13-3-6-14-4-18-16-6/h1-2,4H,3,11H2,(H,12,15)(H,13,17). The maximum absolute atomic E-state index is 13.7. The van der Waals surface area contributed by atoms with Gasteiger partial charge < -0.3 is 15.3 Å². The zero-order valence-corrected chi connectivity index (χ0v) is 9.05. The second kappa shape index (κ2) is 5.19. The molecule has 8 nitrogen and oxygen atoms in total. The molecule has 0 aliphatic carbocycles. The van der Waals surface area contributed by atoms with E-state index in [1.54, 1.807) is 0 Å². The number of nitrogens with zero attached hydrogens (tertiary/aromatic N) is 3. The van der Waals surface area contributed by atoms with E-state index in [1.165, 1.54) is 12.3 Å². The van der Waals surface area contributed by atoms with Crippen molar-refractivity contribution in [3.05, 3.63) is 35.9 Å². The molecule has 0 radical (unpaired) electrons. The zero-order chi connectivity index (χ0) is 13.0. The van der Waals surface area contributed by atoms with Crippen LogP contribution in [0.25, 0.3) is 0 Å². The largest absolute Gasteiger partial charge is 0.345 e. The molecular weight excluding hydrogens is 243 g/mol. The summed E-state index contributed by atoms with van der Waals surface area (Å²) < 4.78 is 18.2. The van der Waals surface area contributed by atoms with E-state index >= 15 is 0 Å². The predicted molar refractivity (Wildman–Crippen MR) is 57.5 cm³/mol. The molecule has 1 amide bonds. The Morgan fingerprint density at radius 2 is 2.33 bits per heavy atom. The van der Waals surface area contributed by atoms with Gasteiger partial charge in [0, 0.05) is 6.20 Å². The van der Waals surface area contributed by atoms with Gasteiger partial charge in [0.15, 0.2) is 17.5 Å². The quantitative estimate of drug-likeness (QED) is 0.510. The van der Waals surface area contributed by atoms with Crippen molar-refractivity contribution >= 4 is 11.7 Å². The van der Waals surface area contributed by atoms with Crippen LogP contribution >= 0.6 is 0 Å². The van der Waals surface area contributed by atoms with E-state index in [4.69, 9.17) is 5.84 Å². The third kappa shape index (κ3) is 2.40. The molecule has 2 rings (SSSR count). The minimum Gasteiger partial charge on any atom is -0.345 e. The van der Waals surface area contributed by atoms with E-state index in [0.717, 1.165) is 6.39 Å². The number of carbonyl (C=O) groups excluding carboxylic acids is 1. The predicted octanol–water partition coefficient (Wildman–Crippen LogP) is -0.181. The van der Waals surface area contributed by atoms with Crippen LogP contribution in [0.3, 0.4) is 0 Å². The van der Waals surface area contributed by atoms with Crippen molar-refractivity contribution in [3.63, 3.8) is 0 Å². The van der Waals surface area contributed by atoms with Crippen LogP contribution in [0.4, 0.5) is 10.2 Å². The fourth-order valence-electron chi connectivity index (χ4n) is 1.24. The van der Waals surface area contributed by atoms with Crippen molar-refractivity contribution in [2.75, 3.05) is 5.43 Å². The van der Waals surface area contributed by atoms with Crippen LogP contribution in [0.15, 0.2) is 23.2 Å². The van der Waals surface area contributed by atoms with E-state index in [1.807, 2.05) is 0 Å². The number of pyridine rings is 1. The summed E-state index contributed by atoms with van der Waals surface area (Å²) in [6.45, 7) is 0.0302. The lowest BCUT2D eigenvalue weighted by Crippen LogP contribution is -2.25. The fraction of sp³-hybridized carbons (Fsp3) is 0.111. The highest BCUT2D eigenvalue weighted by Gasteiger charge is 2.15. The molecular formula is C9H9FN6O2. The zero-order valence-electron chi connectivity index (χ0n) is 9.05. The van der Waals surface area contributed by atoms with Gasteiger partial charge in [-0.1, -0.05) is 5.16 Å². The van der Waals surface area contributed by atoms with Gasteiger partial charge in [0.1, 0.15) is 0 Å². The topological polar surface area (TPSA) is 119 Å². The Labute approximate surface area is 100 Å². The van der Waals surface area contributed by atoms with Gasteiger partial charge in [0.05, 0.1) is 12.1 Å². The number of nitrogens with two attached hydrogens (primary N) is 1. The van der Waals surface area contributed by atoms with Gasteiger partial charge in [-0.2, -0.15) is 4.98 Å². The Morgan fingerprint density at radius 3 is 3.00 bits per heavy atom. The summed E-state index contributed by atoms with van der Waals surface area (Å²) in [5.41, 5.74) is 1.88.